The molecule has 0 unspecified atom stereocenters. The van der Waals surface area contributed by atoms with E-state index in [9.17, 15) is 18.0 Å². The average Bonchev–Trinajstić information content (AvgIpc) is 3.35. The van der Waals surface area contributed by atoms with Gasteiger partial charge in [-0.15, -0.1) is 0 Å². The van der Waals surface area contributed by atoms with Gasteiger partial charge in [-0.2, -0.15) is 0 Å². The first-order chi connectivity index (χ1) is 19.6. The molecule has 2 aromatic carbocycles. The number of carbonyl (C=O) groups excluding carboxylic acids is 2. The smallest absolute Gasteiger partial charge is 0.238 e. The number of anilines is 1. The molecule has 3 aliphatic rings. The molecule has 228 valence electrons. The van der Waals surface area contributed by atoms with E-state index in [1.807, 2.05) is 0 Å². The van der Waals surface area contributed by atoms with Crippen LogP contribution in [0.3, 0.4) is 0 Å². The normalized spacial score (nSPS) is 29.4. The Hall–Kier alpha value is -2.24. The highest BCUT2D eigenvalue weighted by molar-refractivity contribution is 7.88. The first-order valence-corrected chi connectivity index (χ1v) is 16.8. The molecule has 42 heavy (non-hydrogen) atoms. The van der Waals surface area contributed by atoms with Crippen LogP contribution in [-0.4, -0.2) is 50.7 Å². The Morgan fingerprint density at radius 3 is 2.40 bits per heavy atom. The zero-order valence-electron chi connectivity index (χ0n) is 24.1. The summed E-state index contributed by atoms with van der Waals surface area (Å²) in [6.45, 7) is 6.18. The summed E-state index contributed by atoms with van der Waals surface area (Å²) in [4.78, 5) is 28.3. The van der Waals surface area contributed by atoms with Gasteiger partial charge in [0.25, 0.3) is 0 Å². The molecule has 1 saturated heterocycles. The molecule has 1 saturated carbocycles. The first kappa shape index (κ1) is 31.2. The van der Waals surface area contributed by atoms with Crippen molar-refractivity contribution < 1.29 is 22.4 Å². The van der Waals surface area contributed by atoms with Crippen molar-refractivity contribution in [1.29, 1.82) is 0 Å². The van der Waals surface area contributed by atoms with E-state index in [-0.39, 0.29) is 39.9 Å². The number of hydrogen-bond acceptors (Lipinski definition) is 5. The Labute approximate surface area is 256 Å². The molecule has 2 fully saturated rings. The van der Waals surface area contributed by atoms with Gasteiger partial charge < -0.3 is 16.0 Å². The number of halogens is 3. The van der Waals surface area contributed by atoms with Crippen molar-refractivity contribution in [2.75, 3.05) is 11.6 Å². The standard InChI is InChI=1S/C30H37Cl2FN4O4S/c1-29(2,3)15-23-30(20-13-8-16(31)14-22(20)35-28(30)39)24(19-6-5-7-21(32)25(19)33)26(36-23)27(38)34-17-9-11-18(12-10-17)37-42(4,40)41/h5-8,13-14,17-18,23-24,26,36-37H,9-12,15H2,1-4H3,(H,34,38)(H,35,39)/t17-,18-,23-,24+,26-,30+/m1/s1. The van der Waals surface area contributed by atoms with E-state index in [4.69, 9.17) is 23.2 Å². The van der Waals surface area contributed by atoms with Gasteiger partial charge in [0.1, 0.15) is 11.2 Å². The molecule has 5 rings (SSSR count). The molecule has 1 spiro atoms. The van der Waals surface area contributed by atoms with Gasteiger partial charge in [-0.25, -0.2) is 17.5 Å². The highest BCUT2D eigenvalue weighted by Crippen LogP contribution is 2.57. The molecule has 4 atom stereocenters. The van der Waals surface area contributed by atoms with Crippen LogP contribution in [0.1, 0.15) is 69.9 Å². The van der Waals surface area contributed by atoms with E-state index in [0.717, 1.165) is 6.26 Å². The lowest BCUT2D eigenvalue weighted by Gasteiger charge is -2.38. The minimum Gasteiger partial charge on any atom is -0.352 e. The van der Waals surface area contributed by atoms with Crippen molar-refractivity contribution in [2.45, 2.75) is 88.4 Å². The molecule has 0 aromatic heterocycles. The fraction of sp³-hybridized carbons (Fsp3) is 0.533. The molecular weight excluding hydrogens is 602 g/mol. The molecule has 12 heteroatoms. The summed E-state index contributed by atoms with van der Waals surface area (Å²) in [7, 11) is -3.33. The molecular formula is C30H37Cl2FN4O4S. The van der Waals surface area contributed by atoms with Crippen LogP contribution in [0.2, 0.25) is 10.0 Å². The summed E-state index contributed by atoms with van der Waals surface area (Å²) in [5.74, 6) is -2.25. The Morgan fingerprint density at radius 2 is 1.76 bits per heavy atom. The zero-order chi connectivity index (χ0) is 30.6. The SMILES string of the molecule is CC(C)(C)C[C@H]1N[C@@H](C(=O)N[C@H]2CC[C@H](NS(C)(=O)=O)CC2)[C@H](c2cccc(Cl)c2F)[C@@]12C(=O)Nc1cc(Cl)ccc12. The van der Waals surface area contributed by atoms with Crippen molar-refractivity contribution in [2.24, 2.45) is 5.41 Å². The second-order valence-corrected chi connectivity index (χ2v) is 15.7. The number of carbonyl (C=O) groups is 2. The quantitative estimate of drug-likeness (QED) is 0.361. The van der Waals surface area contributed by atoms with Crippen LogP contribution in [0, 0.1) is 11.2 Å². The number of benzene rings is 2. The summed E-state index contributed by atoms with van der Waals surface area (Å²) in [6.07, 6.45) is 3.98. The highest BCUT2D eigenvalue weighted by atomic mass is 35.5. The van der Waals surface area contributed by atoms with E-state index in [0.29, 0.717) is 48.4 Å². The number of hydrogen-bond donors (Lipinski definition) is 4. The number of nitrogens with one attached hydrogen (secondary N) is 4. The Morgan fingerprint density at radius 1 is 1.10 bits per heavy atom. The largest absolute Gasteiger partial charge is 0.352 e. The van der Waals surface area contributed by atoms with Crippen LogP contribution >= 0.6 is 23.2 Å². The van der Waals surface area contributed by atoms with Gasteiger partial charge in [0, 0.05) is 34.8 Å². The van der Waals surface area contributed by atoms with Crippen LogP contribution < -0.4 is 20.7 Å². The Kier molecular flexibility index (Phi) is 8.43. The van der Waals surface area contributed by atoms with Crippen LogP contribution in [-0.2, 0) is 25.0 Å². The van der Waals surface area contributed by atoms with Gasteiger partial charge in [0.2, 0.25) is 21.8 Å². The van der Waals surface area contributed by atoms with Crippen molar-refractivity contribution in [1.82, 2.24) is 15.4 Å². The molecule has 0 bridgehead atoms. The van der Waals surface area contributed by atoms with E-state index < -0.39 is 39.3 Å². The first-order valence-electron chi connectivity index (χ1n) is 14.2. The number of amides is 2. The third-order valence-electron chi connectivity index (χ3n) is 8.68. The van der Waals surface area contributed by atoms with Crippen LogP contribution in [0.25, 0.3) is 0 Å². The number of sulfonamides is 1. The van der Waals surface area contributed by atoms with Crippen molar-refractivity contribution >= 4 is 50.7 Å². The Bertz CT molecular complexity index is 1510. The predicted octanol–water partition coefficient (Wildman–Crippen LogP) is 4.86. The fourth-order valence-corrected chi connectivity index (χ4v) is 8.30. The summed E-state index contributed by atoms with van der Waals surface area (Å²) < 4.78 is 41.9. The topological polar surface area (TPSA) is 116 Å². The fourth-order valence-electron chi connectivity index (χ4n) is 7.10. The molecule has 1 aliphatic carbocycles. The number of fused-ring (bicyclic) bond motifs is 2. The van der Waals surface area contributed by atoms with E-state index in [2.05, 4.69) is 41.4 Å². The van der Waals surface area contributed by atoms with Gasteiger partial charge in [0.15, 0.2) is 0 Å². The third kappa shape index (κ3) is 5.93. The van der Waals surface area contributed by atoms with Crippen molar-refractivity contribution in [3.05, 3.63) is 63.4 Å². The summed E-state index contributed by atoms with van der Waals surface area (Å²) >= 11 is 12.6. The van der Waals surface area contributed by atoms with Crippen molar-refractivity contribution in [3.8, 4) is 0 Å². The lowest BCUT2D eigenvalue weighted by atomic mass is 9.62. The maximum Gasteiger partial charge on any atom is 0.238 e. The molecule has 2 aromatic rings. The second kappa shape index (κ2) is 11.4. The molecule has 2 aliphatic heterocycles. The predicted molar refractivity (Wildman–Crippen MR) is 163 cm³/mol. The molecule has 2 heterocycles. The highest BCUT2D eigenvalue weighted by Gasteiger charge is 2.66. The molecule has 2 amide bonds. The number of rotatable bonds is 6. The van der Waals surface area contributed by atoms with Crippen LogP contribution in [0.4, 0.5) is 10.1 Å². The minimum atomic E-state index is -3.33. The van der Waals surface area contributed by atoms with E-state index >= 15 is 4.39 Å². The Balaban J connectivity index is 1.56. The monoisotopic (exact) mass is 638 g/mol. The molecule has 8 nitrogen and oxygen atoms in total. The van der Waals surface area contributed by atoms with Gasteiger partial charge >= 0.3 is 0 Å². The third-order valence-corrected chi connectivity index (χ3v) is 9.96. The minimum absolute atomic E-state index is 0.0903. The molecule has 0 radical (unpaired) electrons. The van der Waals surface area contributed by atoms with Gasteiger partial charge in [-0.1, -0.05) is 62.2 Å². The second-order valence-electron chi connectivity index (χ2n) is 13.0. The zero-order valence-corrected chi connectivity index (χ0v) is 26.4. The summed E-state index contributed by atoms with van der Waals surface area (Å²) in [6, 6.07) is 8.00. The van der Waals surface area contributed by atoms with Gasteiger partial charge in [-0.05, 0) is 66.8 Å². The lowest BCUT2D eigenvalue weighted by Crippen LogP contribution is -2.50. The van der Waals surface area contributed by atoms with Gasteiger partial charge in [-0.3, -0.25) is 9.59 Å². The average molecular weight is 640 g/mol. The lowest BCUT2D eigenvalue weighted by molar-refractivity contribution is -0.124. The van der Waals surface area contributed by atoms with E-state index in [1.54, 1.807) is 30.3 Å². The van der Waals surface area contributed by atoms with Crippen LogP contribution in [0.5, 0.6) is 0 Å². The van der Waals surface area contributed by atoms with E-state index in [1.165, 1.54) is 6.07 Å². The van der Waals surface area contributed by atoms with Crippen LogP contribution in [0.15, 0.2) is 36.4 Å². The summed E-state index contributed by atoms with van der Waals surface area (Å²) in [5.41, 5.74) is -0.180. The maximum absolute atomic E-state index is 15.9. The van der Waals surface area contributed by atoms with Gasteiger partial charge in [0.05, 0.1) is 17.3 Å². The molecule has 4 N–H and O–H groups in total. The maximum atomic E-state index is 15.9. The summed E-state index contributed by atoms with van der Waals surface area (Å²) in [5, 5.41) is 9.95. The van der Waals surface area contributed by atoms with Crippen molar-refractivity contribution in [3.63, 3.8) is 0 Å².